The number of nitrogens with zero attached hydrogens (tertiary/aromatic N) is 9. The largest absolute Gasteiger partial charge is 0.417 e. The van der Waals surface area contributed by atoms with Crippen molar-refractivity contribution in [2.24, 2.45) is 17.8 Å². The van der Waals surface area contributed by atoms with Gasteiger partial charge in [-0.1, -0.05) is 129 Å². The van der Waals surface area contributed by atoms with Crippen LogP contribution in [0.5, 0.6) is 0 Å². The molecular weight excluding hydrogens is 1350 g/mol. The Morgan fingerprint density at radius 1 is 0.631 bits per heavy atom. The number of rotatable bonds is 17. The zero-order valence-corrected chi connectivity index (χ0v) is 64.0. The average molecular weight is 1470 g/mol. The van der Waals surface area contributed by atoms with Gasteiger partial charge in [-0.3, -0.25) is 57.6 Å². The number of carbonyl (C=O) groups is 11. The number of fused-ring (bicyclic) bond motifs is 2. The van der Waals surface area contributed by atoms with E-state index in [9.17, 15) is 37.1 Å². The summed E-state index contributed by atoms with van der Waals surface area (Å²) in [6.07, 6.45) is 7.57. The molecule has 1 spiro atoms. The summed E-state index contributed by atoms with van der Waals surface area (Å²) in [7, 11) is 9.00. The number of ether oxygens (including phenoxy) is 1. The van der Waals surface area contributed by atoms with Crippen molar-refractivity contribution in [3.63, 3.8) is 0 Å². The molecule has 1 aromatic rings. The number of amides is 11. The second-order valence-corrected chi connectivity index (χ2v) is 31.1. The predicted octanol–water partition coefficient (Wildman–Crippen LogP) is 7.40. The number of likely N-dealkylation sites (N-methyl/N-ethyl adjacent to an activating group) is 6. The smallest absolute Gasteiger partial charge is 0.364 e. The van der Waals surface area contributed by atoms with Crippen LogP contribution < -0.4 is 16.0 Å². The van der Waals surface area contributed by atoms with Gasteiger partial charge in [0, 0.05) is 74.9 Å². The summed E-state index contributed by atoms with van der Waals surface area (Å²) in [5.74, 6) is -7.02. The van der Waals surface area contributed by atoms with E-state index in [0.29, 0.717) is 37.7 Å². The molecule has 0 bridgehead atoms. The number of carbonyl (C=O) groups excluding carboxylic acids is 11. The van der Waals surface area contributed by atoms with Crippen LogP contribution in [0.25, 0.3) is 0 Å². The first kappa shape index (κ1) is 83.7. The maximum Gasteiger partial charge on any atom is 0.417 e. The molecular formula is C75H118ClF3N12O12. The third-order valence-corrected chi connectivity index (χ3v) is 23.2. The first-order valence-corrected chi connectivity index (χ1v) is 38.4. The fourth-order valence-corrected chi connectivity index (χ4v) is 16.1. The molecule has 3 N–H and O–H groups in total. The van der Waals surface area contributed by atoms with Crippen LogP contribution in [-0.2, 0) is 70.1 Å². The van der Waals surface area contributed by atoms with E-state index in [1.807, 2.05) is 27.7 Å². The molecule has 2 aliphatic carbocycles. The Morgan fingerprint density at radius 2 is 1.29 bits per heavy atom. The number of nitrogens with one attached hydrogen (secondary N) is 3. The van der Waals surface area contributed by atoms with Gasteiger partial charge in [0.25, 0.3) is 0 Å². The van der Waals surface area contributed by atoms with E-state index in [-0.39, 0.29) is 102 Å². The van der Waals surface area contributed by atoms with Crippen LogP contribution in [-0.4, -0.2) is 257 Å². The summed E-state index contributed by atoms with van der Waals surface area (Å²) in [5.41, 5.74) is -2.27. The lowest BCUT2D eigenvalue weighted by Gasteiger charge is -2.45. The molecule has 28 heteroatoms. The van der Waals surface area contributed by atoms with Crippen molar-refractivity contribution in [2.75, 3.05) is 88.3 Å². The SMILES string of the molecule is CCCCC[C@H]1C(=O)N(C)[C@H](COCN2CCCCC2)CC(=O)N(C)[C@@H](CC(C)C)C(=O)N[C@@H]([C@@H](C)CC)C(=O)N(C)[C@@H](C)C(=O)N2CC[C@H]2C(=O)N(C)[C@@H](CC2CCCCC2)C(=O)N(C)CC(=O)N[C@@H](CCc2ccc(C(F)(F)F)c(Cl)c2)C(=O)N2CCC[C@H]2C(=O)NC2(CCCC2)C(=O)N1C. The highest BCUT2D eigenvalue weighted by Gasteiger charge is 2.51. The topological polar surface area (TPSA) is 262 Å². The lowest BCUT2D eigenvalue weighted by Crippen LogP contribution is -2.65. The molecule has 6 aliphatic rings. The van der Waals surface area contributed by atoms with Crippen LogP contribution in [0.15, 0.2) is 18.2 Å². The Kier molecular flexibility index (Phi) is 30.9. The number of halogens is 4. The van der Waals surface area contributed by atoms with Gasteiger partial charge in [-0.2, -0.15) is 13.2 Å². The van der Waals surface area contributed by atoms with Crippen molar-refractivity contribution in [3.05, 3.63) is 34.3 Å². The lowest BCUT2D eigenvalue weighted by molar-refractivity contribution is -0.160. The molecule has 0 radical (unpaired) electrons. The molecule has 4 heterocycles. The van der Waals surface area contributed by atoms with Gasteiger partial charge >= 0.3 is 6.18 Å². The number of likely N-dealkylation sites (tertiary alicyclic amines) is 1. The van der Waals surface area contributed by atoms with Crippen LogP contribution in [0.2, 0.25) is 5.02 Å². The van der Waals surface area contributed by atoms with Crippen LogP contribution >= 0.6 is 11.6 Å². The molecule has 103 heavy (non-hydrogen) atoms. The lowest BCUT2D eigenvalue weighted by atomic mass is 9.84. The van der Waals surface area contributed by atoms with Gasteiger partial charge in [0.15, 0.2) is 0 Å². The molecule has 578 valence electrons. The maximum absolute atomic E-state index is 15.6. The monoisotopic (exact) mass is 1470 g/mol. The Morgan fingerprint density at radius 3 is 1.90 bits per heavy atom. The van der Waals surface area contributed by atoms with Crippen LogP contribution in [0.1, 0.15) is 207 Å². The number of alkyl halides is 3. The van der Waals surface area contributed by atoms with Gasteiger partial charge < -0.3 is 59.9 Å². The van der Waals surface area contributed by atoms with E-state index >= 15 is 28.8 Å². The Labute approximate surface area is 613 Å². The highest BCUT2D eigenvalue weighted by molar-refractivity contribution is 6.31. The van der Waals surface area contributed by atoms with Crippen molar-refractivity contribution < 1.29 is 70.6 Å². The second-order valence-electron chi connectivity index (χ2n) is 30.7. The first-order valence-electron chi connectivity index (χ1n) is 38.0. The van der Waals surface area contributed by atoms with Crippen LogP contribution in [0.3, 0.4) is 0 Å². The van der Waals surface area contributed by atoms with E-state index in [4.69, 9.17) is 16.3 Å². The zero-order chi connectivity index (χ0) is 75.8. The summed E-state index contributed by atoms with van der Waals surface area (Å²) in [5, 5.41) is 8.31. The number of aryl methyl sites for hydroxylation is 1. The quantitative estimate of drug-likeness (QED) is 0.129. The van der Waals surface area contributed by atoms with Gasteiger partial charge in [0.05, 0.1) is 36.5 Å². The average Bonchev–Trinajstić information content (AvgIpc) is 1.77. The molecule has 24 nitrogen and oxygen atoms in total. The van der Waals surface area contributed by atoms with E-state index in [1.165, 1.54) is 73.5 Å². The van der Waals surface area contributed by atoms with Crippen LogP contribution in [0.4, 0.5) is 13.2 Å². The summed E-state index contributed by atoms with van der Waals surface area (Å²) >= 11 is 6.18. The Bertz CT molecular complexity index is 3130. The van der Waals surface area contributed by atoms with Gasteiger partial charge in [-0.25, -0.2) is 0 Å². The number of hydrogen-bond donors (Lipinski definition) is 3. The third-order valence-electron chi connectivity index (χ3n) is 22.9. The number of hydrogen-bond acceptors (Lipinski definition) is 13. The normalized spacial score (nSPS) is 27.5. The van der Waals surface area contributed by atoms with Gasteiger partial charge in [0.1, 0.15) is 53.9 Å². The summed E-state index contributed by atoms with van der Waals surface area (Å²) in [6, 6.07) is -6.90. The molecule has 6 fully saturated rings. The fourth-order valence-electron chi connectivity index (χ4n) is 15.8. The summed E-state index contributed by atoms with van der Waals surface area (Å²) < 4.78 is 48.1. The molecule has 11 amide bonds. The van der Waals surface area contributed by atoms with E-state index in [2.05, 4.69) is 20.9 Å². The Hall–Kier alpha value is -6.61. The van der Waals surface area contributed by atoms with E-state index < -0.39 is 154 Å². The zero-order valence-electron chi connectivity index (χ0n) is 63.2. The molecule has 0 aromatic heterocycles. The standard InChI is InChI=1S/C75H118ClF3N12O12/c1-13-15-18-28-58-70(99)85(9)53(46-103-47-89-37-23-17-24-38-89)44-63(93)86(10)60(41-48(3)4)65(94)81-64(49(5)14-2)72(101)84(8)50(6)67(96)91-40-34-59(91)71(100)87(11)61(43-51-26-19-16-20-27-51)69(98)83(7)45-62(92)80-56(33-31-52-30-32-54(55(76)42-52)75(77,78)79)68(97)90-39-25-29-57(90)66(95)82-74(35-21-22-36-74)73(102)88(58)12/h30,32,42,48-51,53,56-61,64H,13-29,31,33-41,43-47H2,1-12H3,(H,80,92)(H,81,94)(H,82,95)/t49-,50-,53-,56-,57-,58-,59-,60-,61-,64-/m0/s1. The molecule has 0 unspecified atom stereocenters. The number of benzene rings is 1. The van der Waals surface area contributed by atoms with Gasteiger partial charge in [0.2, 0.25) is 65.0 Å². The summed E-state index contributed by atoms with van der Waals surface area (Å²) in [4.78, 5) is 179. The molecule has 2 saturated carbocycles. The molecule has 4 saturated heterocycles. The van der Waals surface area contributed by atoms with Crippen molar-refractivity contribution in [2.45, 2.75) is 268 Å². The third kappa shape index (κ3) is 21.4. The molecule has 1 aromatic carbocycles. The van der Waals surface area contributed by atoms with Gasteiger partial charge in [-0.15, -0.1) is 0 Å². The second kappa shape index (κ2) is 38.1. The van der Waals surface area contributed by atoms with Crippen molar-refractivity contribution in [3.8, 4) is 0 Å². The van der Waals surface area contributed by atoms with Crippen LogP contribution in [0, 0.1) is 17.8 Å². The fraction of sp³-hybridized carbons (Fsp3) is 0.773. The Balaban J connectivity index is 1.28. The highest BCUT2D eigenvalue weighted by atomic mass is 35.5. The van der Waals surface area contributed by atoms with E-state index in [1.54, 1.807) is 27.9 Å². The predicted molar refractivity (Wildman–Crippen MR) is 384 cm³/mol. The molecule has 4 aliphatic heterocycles. The van der Waals surface area contributed by atoms with Crippen molar-refractivity contribution in [1.82, 2.24) is 60.0 Å². The number of unbranched alkanes of at least 4 members (excludes halogenated alkanes) is 2. The minimum absolute atomic E-state index is 0.0319. The molecule has 7 rings (SSSR count). The molecule has 10 atom stereocenters. The van der Waals surface area contributed by atoms with E-state index in [0.717, 1.165) is 89.4 Å². The highest BCUT2D eigenvalue weighted by Crippen LogP contribution is 2.37. The number of piperidine rings is 1. The maximum atomic E-state index is 15.6. The van der Waals surface area contributed by atoms with Crippen molar-refractivity contribution >= 4 is 76.6 Å². The summed E-state index contributed by atoms with van der Waals surface area (Å²) in [6.45, 7) is 12.4. The van der Waals surface area contributed by atoms with Crippen molar-refractivity contribution in [1.29, 1.82) is 0 Å². The minimum Gasteiger partial charge on any atom is -0.364 e. The first-order chi connectivity index (χ1) is 48.7. The minimum atomic E-state index is -4.75. The van der Waals surface area contributed by atoms with Gasteiger partial charge in [-0.05, 0) is 119 Å².